The summed E-state index contributed by atoms with van der Waals surface area (Å²) in [5.74, 6) is -0.138. The molecule has 0 aliphatic rings. The lowest BCUT2D eigenvalue weighted by Crippen LogP contribution is -2.01. The molecule has 142 valence electrons. The van der Waals surface area contributed by atoms with E-state index in [9.17, 15) is 22.6 Å². The molecular formula is C17H17N3O5S2. The topological polar surface area (TPSA) is 126 Å². The third kappa shape index (κ3) is 5.00. The summed E-state index contributed by atoms with van der Waals surface area (Å²) in [6.45, 7) is 6.73. The number of ketones is 1. The molecule has 2 aromatic rings. The average molecular weight is 407 g/mol. The van der Waals surface area contributed by atoms with Crippen LogP contribution in [0.3, 0.4) is 0 Å². The number of benzene rings is 1. The molecule has 10 heteroatoms. The number of aryl methyl sites for hydroxylation is 1. The summed E-state index contributed by atoms with van der Waals surface area (Å²) in [6.07, 6.45) is 2.63. The highest BCUT2D eigenvalue weighted by atomic mass is 32.2. The van der Waals surface area contributed by atoms with Crippen molar-refractivity contribution in [1.82, 2.24) is 4.98 Å². The SMILES string of the molecule is C=Cc1cc(S(=O)(=O)O)cc(N=Nc2nc(C)c(C(C)=O)s2)c1CCC=O. The zero-order valence-electron chi connectivity index (χ0n) is 14.7. The van der Waals surface area contributed by atoms with E-state index >= 15 is 0 Å². The molecule has 1 N–H and O–H groups in total. The van der Waals surface area contributed by atoms with Crippen molar-refractivity contribution in [2.24, 2.45) is 10.2 Å². The third-order valence-corrected chi connectivity index (χ3v) is 5.59. The number of Topliss-reactive ketones (excluding diaryl/α,β-unsaturated/α-hetero) is 1. The molecule has 0 spiro atoms. The first-order valence-corrected chi connectivity index (χ1v) is 10.0. The molecule has 0 radical (unpaired) electrons. The summed E-state index contributed by atoms with van der Waals surface area (Å²) >= 11 is 1.07. The molecule has 0 bridgehead atoms. The van der Waals surface area contributed by atoms with Gasteiger partial charge in [-0.1, -0.05) is 24.0 Å². The van der Waals surface area contributed by atoms with Crippen LogP contribution in [0.25, 0.3) is 6.08 Å². The minimum atomic E-state index is -4.47. The van der Waals surface area contributed by atoms with Crippen molar-refractivity contribution in [3.63, 3.8) is 0 Å². The number of nitrogens with zero attached hydrogens (tertiary/aromatic N) is 3. The number of rotatable bonds is 8. The fraction of sp³-hybridized carbons (Fsp3) is 0.235. The highest BCUT2D eigenvalue weighted by Gasteiger charge is 2.17. The van der Waals surface area contributed by atoms with Crippen LogP contribution in [0.4, 0.5) is 10.8 Å². The molecule has 0 saturated carbocycles. The molecule has 0 aliphatic carbocycles. The van der Waals surface area contributed by atoms with Crippen LogP contribution < -0.4 is 0 Å². The van der Waals surface area contributed by atoms with E-state index in [4.69, 9.17) is 0 Å². The first-order chi connectivity index (χ1) is 12.7. The summed E-state index contributed by atoms with van der Waals surface area (Å²) in [5.41, 5.74) is 1.68. The van der Waals surface area contributed by atoms with Gasteiger partial charge in [-0.15, -0.1) is 10.2 Å². The monoisotopic (exact) mass is 407 g/mol. The van der Waals surface area contributed by atoms with Gasteiger partial charge in [0.25, 0.3) is 10.1 Å². The van der Waals surface area contributed by atoms with Crippen molar-refractivity contribution in [3.8, 4) is 0 Å². The molecule has 1 heterocycles. The first-order valence-electron chi connectivity index (χ1n) is 7.78. The molecule has 1 aromatic heterocycles. The van der Waals surface area contributed by atoms with Crippen molar-refractivity contribution in [3.05, 3.63) is 40.4 Å². The van der Waals surface area contributed by atoms with E-state index in [0.717, 1.165) is 23.7 Å². The third-order valence-electron chi connectivity index (χ3n) is 3.61. The van der Waals surface area contributed by atoms with Crippen LogP contribution in [-0.4, -0.2) is 30.0 Å². The standard InChI is InChI=1S/C17H17N3O5S2/c1-4-12-8-13(27(23,24)25)9-15(14(12)6-5-7-21)19-20-17-18-10(2)16(26-17)11(3)22/h4,7-9H,1,5-6H2,2-3H3,(H,23,24,25). The van der Waals surface area contributed by atoms with Crippen molar-refractivity contribution < 1.29 is 22.6 Å². The van der Waals surface area contributed by atoms with Gasteiger partial charge in [-0.3, -0.25) is 9.35 Å². The summed E-state index contributed by atoms with van der Waals surface area (Å²) in [5, 5.41) is 8.27. The Morgan fingerprint density at radius 1 is 1.37 bits per heavy atom. The minimum Gasteiger partial charge on any atom is -0.303 e. The molecule has 0 unspecified atom stereocenters. The lowest BCUT2D eigenvalue weighted by molar-refractivity contribution is -0.107. The van der Waals surface area contributed by atoms with Crippen molar-refractivity contribution in [2.45, 2.75) is 31.6 Å². The van der Waals surface area contributed by atoms with E-state index in [-0.39, 0.29) is 27.9 Å². The molecule has 0 atom stereocenters. The lowest BCUT2D eigenvalue weighted by Gasteiger charge is -2.10. The van der Waals surface area contributed by atoms with Gasteiger partial charge in [-0.2, -0.15) is 8.42 Å². The van der Waals surface area contributed by atoms with Crippen LogP contribution >= 0.6 is 11.3 Å². The van der Waals surface area contributed by atoms with E-state index in [1.54, 1.807) is 6.92 Å². The van der Waals surface area contributed by atoms with Crippen molar-refractivity contribution in [2.75, 3.05) is 0 Å². The number of thiazole rings is 1. The second-order valence-corrected chi connectivity index (χ2v) is 7.96. The number of azo groups is 1. The van der Waals surface area contributed by atoms with Gasteiger partial charge in [0.15, 0.2) is 5.78 Å². The first kappa shape index (κ1) is 20.7. The minimum absolute atomic E-state index is 0.138. The average Bonchev–Trinajstić information content (AvgIpc) is 2.98. The van der Waals surface area contributed by atoms with E-state index in [1.807, 2.05) is 0 Å². The predicted molar refractivity (Wildman–Crippen MR) is 102 cm³/mol. The van der Waals surface area contributed by atoms with Gasteiger partial charge in [0.2, 0.25) is 5.13 Å². The normalized spacial score (nSPS) is 11.7. The predicted octanol–water partition coefficient (Wildman–Crippen LogP) is 4.09. The molecule has 1 aromatic carbocycles. The molecule has 2 rings (SSSR count). The Bertz CT molecular complexity index is 1040. The van der Waals surface area contributed by atoms with E-state index in [1.165, 1.54) is 19.1 Å². The number of aromatic nitrogens is 1. The zero-order chi connectivity index (χ0) is 20.2. The van der Waals surface area contributed by atoms with Crippen LogP contribution in [0.5, 0.6) is 0 Å². The van der Waals surface area contributed by atoms with Crippen molar-refractivity contribution in [1.29, 1.82) is 0 Å². The van der Waals surface area contributed by atoms with E-state index in [2.05, 4.69) is 21.8 Å². The molecule has 0 fully saturated rings. The van der Waals surface area contributed by atoms with Gasteiger partial charge in [-0.05, 0) is 36.6 Å². The lowest BCUT2D eigenvalue weighted by atomic mass is 10.0. The molecule has 0 saturated heterocycles. The van der Waals surface area contributed by atoms with Gasteiger partial charge in [0.1, 0.15) is 6.29 Å². The second kappa shape index (κ2) is 8.42. The maximum absolute atomic E-state index is 11.5. The fourth-order valence-electron chi connectivity index (χ4n) is 2.40. The van der Waals surface area contributed by atoms with Gasteiger partial charge in [0.05, 0.1) is 21.2 Å². The van der Waals surface area contributed by atoms with Crippen LogP contribution in [0.2, 0.25) is 0 Å². The fourth-order valence-corrected chi connectivity index (χ4v) is 3.72. The Kier molecular flexibility index (Phi) is 6.47. The molecule has 0 aliphatic heterocycles. The van der Waals surface area contributed by atoms with Gasteiger partial charge < -0.3 is 4.79 Å². The van der Waals surface area contributed by atoms with Crippen LogP contribution in [0, 0.1) is 6.92 Å². The second-order valence-electron chi connectivity index (χ2n) is 5.56. The Hall–Kier alpha value is -2.56. The summed E-state index contributed by atoms with van der Waals surface area (Å²) in [7, 11) is -4.47. The maximum atomic E-state index is 11.5. The highest BCUT2D eigenvalue weighted by Crippen LogP contribution is 2.32. The van der Waals surface area contributed by atoms with Crippen LogP contribution in [0.15, 0.2) is 33.8 Å². The number of carbonyl (C=O) groups is 2. The number of hydrogen-bond donors (Lipinski definition) is 1. The molecule has 27 heavy (non-hydrogen) atoms. The molecule has 8 nitrogen and oxygen atoms in total. The number of hydrogen-bond acceptors (Lipinski definition) is 8. The maximum Gasteiger partial charge on any atom is 0.294 e. The Labute approximate surface area is 160 Å². The zero-order valence-corrected chi connectivity index (χ0v) is 16.3. The molecular weight excluding hydrogens is 390 g/mol. The largest absolute Gasteiger partial charge is 0.303 e. The smallest absolute Gasteiger partial charge is 0.294 e. The van der Waals surface area contributed by atoms with E-state index < -0.39 is 10.1 Å². The quantitative estimate of drug-likeness (QED) is 0.304. The Morgan fingerprint density at radius 3 is 2.59 bits per heavy atom. The summed E-state index contributed by atoms with van der Waals surface area (Å²) < 4.78 is 32.4. The summed E-state index contributed by atoms with van der Waals surface area (Å²) in [6, 6.07) is 2.42. The number of aldehydes is 1. The molecule has 0 amide bonds. The van der Waals surface area contributed by atoms with Crippen molar-refractivity contribution >= 4 is 50.4 Å². The van der Waals surface area contributed by atoms with Crippen LogP contribution in [-0.2, 0) is 21.3 Å². The van der Waals surface area contributed by atoms with Gasteiger partial charge in [0, 0.05) is 13.3 Å². The number of carbonyl (C=O) groups excluding carboxylic acids is 2. The van der Waals surface area contributed by atoms with Gasteiger partial charge >= 0.3 is 0 Å². The van der Waals surface area contributed by atoms with E-state index in [0.29, 0.717) is 28.1 Å². The van der Waals surface area contributed by atoms with Crippen LogP contribution in [0.1, 0.15) is 39.8 Å². The highest BCUT2D eigenvalue weighted by molar-refractivity contribution is 7.85. The summed E-state index contributed by atoms with van der Waals surface area (Å²) in [4.78, 5) is 26.5. The Balaban J connectivity index is 2.58. The Morgan fingerprint density at radius 2 is 2.07 bits per heavy atom. The van der Waals surface area contributed by atoms with Gasteiger partial charge in [-0.25, -0.2) is 4.98 Å².